The van der Waals surface area contributed by atoms with Crippen molar-refractivity contribution in [1.82, 2.24) is 4.90 Å². The topological polar surface area (TPSA) is 46.6 Å². The molecule has 0 bridgehead atoms. The van der Waals surface area contributed by atoms with Gasteiger partial charge in [0.1, 0.15) is 18.2 Å². The average molecular weight is 646 g/mol. The number of carbonyl (C=O) groups is 2. The lowest BCUT2D eigenvalue weighted by molar-refractivity contribution is -0.123. The molecule has 0 unspecified atom stereocenters. The third-order valence-corrected chi connectivity index (χ3v) is 7.67. The van der Waals surface area contributed by atoms with Crippen LogP contribution in [0.25, 0.3) is 6.08 Å². The number of hydrogen-bond donors (Lipinski definition) is 0. The molecular weight excluding hydrogens is 632 g/mol. The summed E-state index contributed by atoms with van der Waals surface area (Å²) in [5.41, 5.74) is 2.02. The molecule has 4 rings (SSSR count). The van der Waals surface area contributed by atoms with Gasteiger partial charge in [-0.3, -0.25) is 14.5 Å². The fourth-order valence-corrected chi connectivity index (χ4v) is 5.88. The summed E-state index contributed by atoms with van der Waals surface area (Å²) in [5.74, 6) is -0.351. The zero-order valence-corrected chi connectivity index (χ0v) is 22.7. The predicted molar refractivity (Wildman–Crippen MR) is 141 cm³/mol. The first kappa shape index (κ1) is 25.3. The van der Waals surface area contributed by atoms with Crippen molar-refractivity contribution in [2.24, 2.45) is 0 Å². The quantitative estimate of drug-likeness (QED) is 0.252. The number of nitrogens with zero attached hydrogens (tertiary/aromatic N) is 1. The maximum atomic E-state index is 13.3. The predicted octanol–water partition coefficient (Wildman–Crippen LogP) is 8.47. The number of rotatable bonds is 6. The van der Waals surface area contributed by atoms with E-state index in [-0.39, 0.29) is 23.1 Å². The van der Waals surface area contributed by atoms with Crippen LogP contribution < -0.4 is 4.74 Å². The highest BCUT2D eigenvalue weighted by molar-refractivity contribution is 9.11. The molecule has 10 heteroatoms. The Balaban J connectivity index is 1.51. The number of halogens is 5. The minimum Gasteiger partial charge on any atom is -0.486 e. The largest absolute Gasteiger partial charge is 0.486 e. The fraction of sp³-hybridized carbons (Fsp3) is 0.0833. The molecule has 0 saturated carbocycles. The molecule has 0 radical (unpaired) electrons. The molecule has 3 aromatic rings. The summed E-state index contributed by atoms with van der Waals surface area (Å²) in [6, 6.07) is 14.8. The second-order valence-electron chi connectivity index (χ2n) is 7.20. The van der Waals surface area contributed by atoms with Gasteiger partial charge in [-0.25, -0.2) is 4.39 Å². The van der Waals surface area contributed by atoms with Crippen molar-refractivity contribution >= 4 is 84.0 Å². The normalized spacial score (nSPS) is 14.9. The lowest BCUT2D eigenvalue weighted by Gasteiger charge is -2.14. The highest BCUT2D eigenvalue weighted by Gasteiger charge is 2.35. The monoisotopic (exact) mass is 643 g/mol. The van der Waals surface area contributed by atoms with Gasteiger partial charge in [-0.15, -0.1) is 0 Å². The zero-order chi connectivity index (χ0) is 24.4. The molecule has 0 N–H and O–H groups in total. The number of benzene rings is 3. The van der Waals surface area contributed by atoms with E-state index in [0.717, 1.165) is 28.3 Å². The number of hydrogen-bond acceptors (Lipinski definition) is 4. The van der Waals surface area contributed by atoms with Gasteiger partial charge < -0.3 is 4.74 Å². The third kappa shape index (κ3) is 5.69. The molecule has 34 heavy (non-hydrogen) atoms. The van der Waals surface area contributed by atoms with Crippen LogP contribution >= 0.6 is 66.8 Å². The van der Waals surface area contributed by atoms with Crippen LogP contribution in [0.3, 0.4) is 0 Å². The van der Waals surface area contributed by atoms with E-state index in [0.29, 0.717) is 30.8 Å². The molecule has 1 saturated heterocycles. The summed E-state index contributed by atoms with van der Waals surface area (Å²) in [6.45, 7) is 0.240. The van der Waals surface area contributed by atoms with Crippen molar-refractivity contribution in [2.75, 3.05) is 0 Å². The van der Waals surface area contributed by atoms with E-state index < -0.39 is 17.0 Å². The molecule has 2 amide bonds. The van der Waals surface area contributed by atoms with Gasteiger partial charge in [-0.2, -0.15) is 0 Å². The van der Waals surface area contributed by atoms with Crippen molar-refractivity contribution in [3.8, 4) is 5.75 Å². The van der Waals surface area contributed by atoms with Crippen molar-refractivity contribution in [3.63, 3.8) is 0 Å². The second kappa shape index (κ2) is 10.8. The SMILES string of the molecule is O=C1S/C(=C\c2cc(Br)c(OCc3ccccc3Cl)c(Br)c2)C(=O)N1Cc1ccc(F)cc1Cl. The minimum absolute atomic E-state index is 0.0384. The summed E-state index contributed by atoms with van der Waals surface area (Å²) in [4.78, 5) is 26.7. The van der Waals surface area contributed by atoms with E-state index in [1.54, 1.807) is 24.3 Å². The van der Waals surface area contributed by atoms with E-state index in [9.17, 15) is 14.0 Å². The van der Waals surface area contributed by atoms with Crippen LogP contribution in [0.15, 0.2) is 68.4 Å². The Morgan fingerprint density at radius 2 is 1.68 bits per heavy atom. The summed E-state index contributed by atoms with van der Waals surface area (Å²) in [5, 5.41) is 0.349. The van der Waals surface area contributed by atoms with E-state index >= 15 is 0 Å². The maximum absolute atomic E-state index is 13.3. The van der Waals surface area contributed by atoms with E-state index in [1.165, 1.54) is 12.1 Å². The van der Waals surface area contributed by atoms with Gasteiger partial charge in [-0.05, 0) is 91.2 Å². The smallest absolute Gasteiger partial charge is 0.293 e. The molecule has 1 heterocycles. The van der Waals surface area contributed by atoms with E-state index in [1.807, 2.05) is 18.2 Å². The first-order valence-corrected chi connectivity index (χ1v) is 12.9. The van der Waals surface area contributed by atoms with Crippen molar-refractivity contribution < 1.29 is 18.7 Å². The van der Waals surface area contributed by atoms with Crippen LogP contribution in [0, 0.1) is 5.82 Å². The molecule has 174 valence electrons. The van der Waals surface area contributed by atoms with Crippen molar-refractivity contribution in [3.05, 3.63) is 101 Å². The molecule has 4 nitrogen and oxygen atoms in total. The zero-order valence-electron chi connectivity index (χ0n) is 17.2. The molecule has 1 aliphatic rings. The number of carbonyl (C=O) groups excluding carboxylic acids is 2. The molecule has 0 aliphatic carbocycles. The van der Waals surface area contributed by atoms with Gasteiger partial charge in [0, 0.05) is 15.6 Å². The summed E-state index contributed by atoms with van der Waals surface area (Å²) in [6.07, 6.45) is 1.63. The molecule has 0 aromatic heterocycles. The van der Waals surface area contributed by atoms with E-state index in [2.05, 4.69) is 31.9 Å². The van der Waals surface area contributed by atoms with Gasteiger partial charge in [0.05, 0.1) is 20.4 Å². The number of imide groups is 1. The molecule has 1 aliphatic heterocycles. The van der Waals surface area contributed by atoms with Crippen LogP contribution in [-0.2, 0) is 17.9 Å². The molecule has 0 spiro atoms. The van der Waals surface area contributed by atoms with Gasteiger partial charge >= 0.3 is 0 Å². The molecule has 1 fully saturated rings. The number of amides is 2. The standard InChI is InChI=1S/C24H14Br2Cl2FNO3S/c25-17-7-13(8-18(26)22(17)33-12-15-3-1-2-4-19(15)27)9-21-23(31)30(24(32)34-21)11-14-5-6-16(29)10-20(14)28/h1-10H,11-12H2/b21-9-. The summed E-state index contributed by atoms with van der Waals surface area (Å²) < 4.78 is 20.6. The average Bonchev–Trinajstić information content (AvgIpc) is 3.03. The Kier molecular flexibility index (Phi) is 8.05. The Bertz CT molecular complexity index is 1310. The first-order valence-electron chi connectivity index (χ1n) is 9.77. The van der Waals surface area contributed by atoms with Crippen LogP contribution in [0.2, 0.25) is 10.0 Å². The minimum atomic E-state index is -0.488. The molecule has 0 atom stereocenters. The Morgan fingerprint density at radius 1 is 0.971 bits per heavy atom. The van der Waals surface area contributed by atoms with Gasteiger partial charge in [-0.1, -0.05) is 47.5 Å². The molecule has 3 aromatic carbocycles. The van der Waals surface area contributed by atoms with E-state index in [4.69, 9.17) is 27.9 Å². The van der Waals surface area contributed by atoms with Gasteiger partial charge in [0.2, 0.25) is 0 Å². The fourth-order valence-electron chi connectivity index (χ4n) is 3.17. The Hall–Kier alpha value is -1.84. The molecular formula is C24H14Br2Cl2FNO3S. The first-order chi connectivity index (χ1) is 16.2. The number of ether oxygens (including phenoxy) is 1. The third-order valence-electron chi connectivity index (χ3n) is 4.87. The highest BCUT2D eigenvalue weighted by atomic mass is 79.9. The Morgan fingerprint density at radius 3 is 2.35 bits per heavy atom. The van der Waals surface area contributed by atoms with Crippen molar-refractivity contribution in [1.29, 1.82) is 0 Å². The summed E-state index contributed by atoms with van der Waals surface area (Å²) in [7, 11) is 0. The van der Waals surface area contributed by atoms with Crippen molar-refractivity contribution in [2.45, 2.75) is 13.2 Å². The maximum Gasteiger partial charge on any atom is 0.293 e. The van der Waals surface area contributed by atoms with Crippen LogP contribution in [0.5, 0.6) is 5.75 Å². The number of thioether (sulfide) groups is 1. The highest BCUT2D eigenvalue weighted by Crippen LogP contribution is 2.39. The lowest BCUT2D eigenvalue weighted by Crippen LogP contribution is -2.27. The van der Waals surface area contributed by atoms with Gasteiger partial charge in [0.15, 0.2) is 0 Å². The Labute approximate surface area is 226 Å². The van der Waals surface area contributed by atoms with Crippen LogP contribution in [0.1, 0.15) is 16.7 Å². The van der Waals surface area contributed by atoms with Gasteiger partial charge in [0.25, 0.3) is 11.1 Å². The summed E-state index contributed by atoms with van der Waals surface area (Å²) >= 11 is 20.1. The lowest BCUT2D eigenvalue weighted by atomic mass is 10.2. The second-order valence-corrected chi connectivity index (χ2v) is 10.7. The van der Waals surface area contributed by atoms with Crippen LogP contribution in [-0.4, -0.2) is 16.0 Å². The van der Waals surface area contributed by atoms with Crippen LogP contribution in [0.4, 0.5) is 9.18 Å².